The molecule has 0 spiro atoms. The lowest BCUT2D eigenvalue weighted by Crippen LogP contribution is -2.41. The molecule has 0 unspecified atom stereocenters. The number of nitrogens with one attached hydrogen (secondary N) is 2. The van der Waals surface area contributed by atoms with Gasteiger partial charge in [-0.15, -0.1) is 34.2 Å². The fourth-order valence-corrected chi connectivity index (χ4v) is 3.24. The molecule has 1 heterocycles. The minimum Gasteiger partial charge on any atom is -0.356 e. The summed E-state index contributed by atoms with van der Waals surface area (Å²) in [5.41, 5.74) is 0. The zero-order valence-electron chi connectivity index (χ0n) is 14.2. The fraction of sp³-hybridized carbons (Fsp3) is 0.812. The second-order valence-electron chi connectivity index (χ2n) is 6.51. The number of aliphatic imine (C=N–C) groups is 1. The van der Waals surface area contributed by atoms with Crippen LogP contribution >= 0.6 is 24.0 Å². The molecule has 0 bridgehead atoms. The van der Waals surface area contributed by atoms with Gasteiger partial charge >= 0.3 is 0 Å². The van der Waals surface area contributed by atoms with Crippen LogP contribution in [0.3, 0.4) is 0 Å². The second-order valence-corrected chi connectivity index (χ2v) is 6.51. The van der Waals surface area contributed by atoms with E-state index in [0.29, 0.717) is 0 Å². The minimum absolute atomic E-state index is 0. The number of aryl methyl sites for hydroxylation is 1. The van der Waals surface area contributed by atoms with E-state index >= 15 is 0 Å². The number of hydrogen-bond donors (Lipinski definition) is 2. The van der Waals surface area contributed by atoms with E-state index < -0.39 is 0 Å². The monoisotopic (exact) mass is 432 g/mol. The summed E-state index contributed by atoms with van der Waals surface area (Å²) in [6.07, 6.45) is 8.44. The van der Waals surface area contributed by atoms with Crippen LogP contribution in [0.4, 0.5) is 0 Å². The van der Waals surface area contributed by atoms with Crippen molar-refractivity contribution in [3.63, 3.8) is 0 Å². The molecule has 3 rings (SSSR count). The number of nitrogens with zero attached hydrogens (tertiary/aromatic N) is 4. The van der Waals surface area contributed by atoms with Crippen LogP contribution in [0.15, 0.2) is 11.3 Å². The quantitative estimate of drug-likeness (QED) is 0.375. The van der Waals surface area contributed by atoms with Gasteiger partial charge < -0.3 is 15.2 Å². The van der Waals surface area contributed by atoms with Gasteiger partial charge in [-0.05, 0) is 43.4 Å². The maximum absolute atomic E-state index is 4.33. The van der Waals surface area contributed by atoms with Gasteiger partial charge in [0.2, 0.25) is 0 Å². The van der Waals surface area contributed by atoms with Gasteiger partial charge in [-0.1, -0.05) is 6.92 Å². The summed E-state index contributed by atoms with van der Waals surface area (Å²) in [5, 5.41) is 15.0. The van der Waals surface area contributed by atoms with Crippen LogP contribution in [0.25, 0.3) is 0 Å². The number of guanidine groups is 1. The standard InChI is InChI=1S/C16H28N6.HI/c1-3-15-21-20-11-22(15)9-8-18-16(17-2)19-10-14(12-4-5-12)13-6-7-13;/h11-14H,3-10H2,1-2H3,(H2,17,18,19);1H. The largest absolute Gasteiger partial charge is 0.356 e. The Morgan fingerprint density at radius 1 is 1.30 bits per heavy atom. The van der Waals surface area contributed by atoms with Gasteiger partial charge in [0.25, 0.3) is 0 Å². The topological polar surface area (TPSA) is 67.1 Å². The van der Waals surface area contributed by atoms with Gasteiger partial charge in [-0.3, -0.25) is 4.99 Å². The predicted molar refractivity (Wildman–Crippen MR) is 103 cm³/mol. The molecular weight excluding hydrogens is 403 g/mol. The smallest absolute Gasteiger partial charge is 0.191 e. The van der Waals surface area contributed by atoms with Crippen LogP contribution in [-0.2, 0) is 13.0 Å². The first-order valence-electron chi connectivity index (χ1n) is 8.63. The highest BCUT2D eigenvalue weighted by Crippen LogP contribution is 2.48. The number of hydrogen-bond acceptors (Lipinski definition) is 3. The van der Waals surface area contributed by atoms with Crippen molar-refractivity contribution in [1.82, 2.24) is 25.4 Å². The van der Waals surface area contributed by atoms with Gasteiger partial charge in [0.15, 0.2) is 5.96 Å². The summed E-state index contributed by atoms with van der Waals surface area (Å²) < 4.78 is 2.09. The maximum atomic E-state index is 4.33. The third kappa shape index (κ3) is 5.32. The third-order valence-corrected chi connectivity index (χ3v) is 4.84. The molecule has 23 heavy (non-hydrogen) atoms. The Balaban J connectivity index is 0.00000192. The summed E-state index contributed by atoms with van der Waals surface area (Å²) in [4.78, 5) is 4.33. The van der Waals surface area contributed by atoms with Crippen molar-refractivity contribution in [2.24, 2.45) is 22.7 Å². The number of aromatic nitrogens is 3. The fourth-order valence-electron chi connectivity index (χ4n) is 3.24. The molecule has 2 fully saturated rings. The lowest BCUT2D eigenvalue weighted by Gasteiger charge is -2.19. The zero-order chi connectivity index (χ0) is 15.4. The summed E-state index contributed by atoms with van der Waals surface area (Å²) in [6, 6.07) is 0. The minimum atomic E-state index is 0. The molecule has 7 heteroatoms. The SMILES string of the molecule is CCc1nncn1CCNC(=NC)NCC(C1CC1)C1CC1.I. The van der Waals surface area contributed by atoms with Crippen LogP contribution in [0.1, 0.15) is 38.4 Å². The molecule has 2 saturated carbocycles. The molecule has 0 amide bonds. The van der Waals surface area contributed by atoms with Crippen molar-refractivity contribution >= 4 is 29.9 Å². The number of rotatable bonds is 8. The first kappa shape index (κ1) is 18.5. The summed E-state index contributed by atoms with van der Waals surface area (Å²) in [5.74, 6) is 4.76. The van der Waals surface area contributed by atoms with E-state index in [9.17, 15) is 0 Å². The maximum Gasteiger partial charge on any atom is 0.191 e. The average molecular weight is 432 g/mol. The Morgan fingerprint density at radius 2 is 2.00 bits per heavy atom. The summed E-state index contributed by atoms with van der Waals surface area (Å²) in [7, 11) is 1.84. The predicted octanol–water partition coefficient (Wildman–Crippen LogP) is 2.06. The highest BCUT2D eigenvalue weighted by atomic mass is 127. The van der Waals surface area contributed by atoms with Crippen molar-refractivity contribution in [3.8, 4) is 0 Å². The summed E-state index contributed by atoms with van der Waals surface area (Å²) >= 11 is 0. The Kier molecular flexibility index (Phi) is 7.10. The van der Waals surface area contributed by atoms with Gasteiger partial charge in [0, 0.05) is 33.1 Å². The van der Waals surface area contributed by atoms with E-state index in [1.54, 1.807) is 6.33 Å². The Hall–Kier alpha value is -0.860. The van der Waals surface area contributed by atoms with E-state index in [4.69, 9.17) is 0 Å². The summed E-state index contributed by atoms with van der Waals surface area (Å²) in [6.45, 7) is 4.87. The molecule has 1 aromatic heterocycles. The lowest BCUT2D eigenvalue weighted by atomic mass is 9.98. The van der Waals surface area contributed by atoms with Gasteiger partial charge in [0.05, 0.1) is 0 Å². The highest BCUT2D eigenvalue weighted by molar-refractivity contribution is 14.0. The molecule has 2 aliphatic rings. The Labute approximate surface area is 155 Å². The molecular formula is C16H29IN6. The van der Waals surface area contributed by atoms with Crippen LogP contribution in [0.5, 0.6) is 0 Å². The zero-order valence-corrected chi connectivity index (χ0v) is 16.5. The number of halogens is 1. The van der Waals surface area contributed by atoms with E-state index in [0.717, 1.165) is 55.6 Å². The van der Waals surface area contributed by atoms with Crippen LogP contribution in [0.2, 0.25) is 0 Å². The van der Waals surface area contributed by atoms with Crippen molar-refractivity contribution in [1.29, 1.82) is 0 Å². The molecule has 0 aliphatic heterocycles. The molecule has 2 N–H and O–H groups in total. The van der Waals surface area contributed by atoms with Gasteiger partial charge in [-0.2, -0.15) is 0 Å². The molecule has 2 aliphatic carbocycles. The second kappa shape index (κ2) is 8.84. The molecule has 0 radical (unpaired) electrons. The Bertz CT molecular complexity index is 494. The molecule has 0 atom stereocenters. The Morgan fingerprint density at radius 3 is 2.57 bits per heavy atom. The van der Waals surface area contributed by atoms with Crippen LogP contribution in [0, 0.1) is 17.8 Å². The van der Waals surface area contributed by atoms with Crippen molar-refractivity contribution in [3.05, 3.63) is 12.2 Å². The normalized spacial score (nSPS) is 18.0. The highest BCUT2D eigenvalue weighted by Gasteiger charge is 2.41. The van der Waals surface area contributed by atoms with Crippen molar-refractivity contribution < 1.29 is 0 Å². The third-order valence-electron chi connectivity index (χ3n) is 4.84. The molecule has 6 nitrogen and oxygen atoms in total. The van der Waals surface area contributed by atoms with Crippen LogP contribution < -0.4 is 10.6 Å². The average Bonchev–Trinajstić information content (AvgIpc) is 3.46. The van der Waals surface area contributed by atoms with E-state index in [-0.39, 0.29) is 24.0 Å². The van der Waals surface area contributed by atoms with E-state index in [1.807, 2.05) is 7.05 Å². The van der Waals surface area contributed by atoms with E-state index in [2.05, 4.69) is 37.3 Å². The lowest BCUT2D eigenvalue weighted by molar-refractivity contribution is 0.400. The van der Waals surface area contributed by atoms with Crippen LogP contribution in [-0.4, -0.2) is 40.9 Å². The molecule has 0 saturated heterocycles. The van der Waals surface area contributed by atoms with Crippen molar-refractivity contribution in [2.45, 2.75) is 45.6 Å². The van der Waals surface area contributed by atoms with Crippen molar-refractivity contribution in [2.75, 3.05) is 20.1 Å². The molecule has 0 aromatic carbocycles. The van der Waals surface area contributed by atoms with Gasteiger partial charge in [-0.25, -0.2) is 0 Å². The first-order chi connectivity index (χ1) is 10.8. The van der Waals surface area contributed by atoms with Gasteiger partial charge in [0.1, 0.15) is 12.2 Å². The van der Waals surface area contributed by atoms with E-state index in [1.165, 1.54) is 25.7 Å². The molecule has 130 valence electrons. The molecule has 1 aromatic rings. The first-order valence-corrected chi connectivity index (χ1v) is 8.63.